The molecule has 1 N–H and O–H groups in total. The number of piperazine rings is 1. The van der Waals surface area contributed by atoms with E-state index in [1.807, 2.05) is 12.1 Å². The van der Waals surface area contributed by atoms with Gasteiger partial charge in [0.05, 0.1) is 0 Å². The molecule has 2 aromatic carbocycles. The minimum atomic E-state index is -0.535. The number of fused-ring (bicyclic) bond motifs is 1. The summed E-state index contributed by atoms with van der Waals surface area (Å²) >= 11 is -0.477. The number of rotatable bonds is 4. The third-order valence-electron chi connectivity index (χ3n) is 5.06. The molecule has 2 radical (unpaired) electrons. The molecule has 1 aliphatic rings. The zero-order chi connectivity index (χ0) is 20.4. The normalized spacial score (nSPS) is 15.1. The van der Waals surface area contributed by atoms with Gasteiger partial charge < -0.3 is 0 Å². The average Bonchev–Trinajstić information content (AvgIpc) is 2.77. The van der Waals surface area contributed by atoms with E-state index in [2.05, 4.69) is 13.3 Å². The first-order valence-electron chi connectivity index (χ1n) is 9.19. The number of carbonyl (C=O) groups is 1. The van der Waals surface area contributed by atoms with Crippen LogP contribution in [0, 0.1) is 5.82 Å². The summed E-state index contributed by atoms with van der Waals surface area (Å²) in [5.41, 5.74) is 6.98. The predicted octanol–water partition coefficient (Wildman–Crippen LogP) is -1.50. The van der Waals surface area contributed by atoms with Crippen LogP contribution in [0.15, 0.2) is 47.3 Å². The number of benzene rings is 2. The van der Waals surface area contributed by atoms with Crippen LogP contribution in [0.5, 0.6) is 0 Å². The number of hydrogen-bond donors (Lipinski definition) is 1. The van der Waals surface area contributed by atoms with Crippen LogP contribution in [0.4, 0.5) is 4.39 Å². The van der Waals surface area contributed by atoms with Crippen LogP contribution in [-0.4, -0.2) is 56.0 Å². The van der Waals surface area contributed by atoms with Crippen molar-refractivity contribution in [1.82, 2.24) is 18.2 Å². The summed E-state index contributed by atoms with van der Waals surface area (Å²) in [5, 5.41) is 7.97. The van der Waals surface area contributed by atoms with Gasteiger partial charge in [-0.1, -0.05) is 12.1 Å². The third kappa shape index (κ3) is 4.20. The molecule has 0 bridgehead atoms. The SMILES string of the molecule is [B][I-]N1CCN(C(=O)c2cc(Cc3n[nH]c(=O)c4ccccc34)ccc2F)CC1. The maximum atomic E-state index is 14.4. The monoisotopic (exact) mass is 503 g/mol. The van der Waals surface area contributed by atoms with E-state index in [-0.39, 0.29) is 17.0 Å². The Labute approximate surface area is 178 Å². The first kappa shape index (κ1) is 20.0. The second-order valence-corrected chi connectivity index (χ2v) is 8.76. The summed E-state index contributed by atoms with van der Waals surface area (Å²) in [6.45, 7) is 2.55. The van der Waals surface area contributed by atoms with Crippen molar-refractivity contribution in [3.05, 3.63) is 75.5 Å². The molecule has 1 fully saturated rings. The van der Waals surface area contributed by atoms with Crippen molar-refractivity contribution in [3.63, 3.8) is 0 Å². The van der Waals surface area contributed by atoms with Crippen LogP contribution < -0.4 is 26.8 Å². The molecule has 0 unspecified atom stereocenters. The molecule has 1 aliphatic heterocycles. The summed E-state index contributed by atoms with van der Waals surface area (Å²) < 4.78 is 16.6. The van der Waals surface area contributed by atoms with Gasteiger partial charge in [0.1, 0.15) is 0 Å². The molecule has 1 amide bonds. The van der Waals surface area contributed by atoms with E-state index in [1.165, 1.54) is 6.07 Å². The van der Waals surface area contributed by atoms with Gasteiger partial charge in [-0.05, 0) is 6.07 Å². The Balaban J connectivity index is 1.60. The Morgan fingerprint density at radius 1 is 1.14 bits per heavy atom. The second-order valence-electron chi connectivity index (χ2n) is 6.84. The van der Waals surface area contributed by atoms with Crippen molar-refractivity contribution < 1.29 is 30.4 Å². The topological polar surface area (TPSA) is 69.3 Å². The molecular formula is C20H18BFIN4O2-. The number of amides is 1. The molecule has 0 atom stereocenters. The fourth-order valence-corrected chi connectivity index (χ4v) is 4.49. The standard InChI is InChI=1S/C20H18BFIN4O2/c21-23-27-9-7-26(8-10-27)20(29)16-11-13(5-6-17(16)22)12-18-14-3-1-2-4-15(14)19(28)25-24-18/h1-6,11H,7-10,12H2,(H,25,28)/q-1. The van der Waals surface area contributed by atoms with Gasteiger partial charge in [0, 0.05) is 0 Å². The Kier molecular flexibility index (Phi) is 5.95. The number of H-pyrrole nitrogens is 1. The van der Waals surface area contributed by atoms with Crippen molar-refractivity contribution in [2.24, 2.45) is 0 Å². The number of nitrogens with zero attached hydrogens (tertiary/aromatic N) is 3. The quantitative estimate of drug-likeness (QED) is 0.268. The summed E-state index contributed by atoms with van der Waals surface area (Å²) in [7, 11) is 0. The van der Waals surface area contributed by atoms with Crippen LogP contribution in [-0.2, 0) is 6.42 Å². The second kappa shape index (κ2) is 8.62. The van der Waals surface area contributed by atoms with Crippen molar-refractivity contribution in [2.45, 2.75) is 6.42 Å². The van der Waals surface area contributed by atoms with E-state index in [9.17, 15) is 14.0 Å². The molecule has 0 spiro atoms. The summed E-state index contributed by atoms with van der Waals surface area (Å²) in [5.74, 6) is -0.842. The molecular weight excluding hydrogens is 485 g/mol. The van der Waals surface area contributed by atoms with Crippen LogP contribution in [0.2, 0.25) is 0 Å². The van der Waals surface area contributed by atoms with E-state index >= 15 is 0 Å². The molecule has 0 saturated carbocycles. The molecule has 2 heterocycles. The molecule has 3 aromatic rings. The van der Waals surface area contributed by atoms with E-state index in [0.717, 1.165) is 24.0 Å². The molecule has 9 heteroatoms. The fourth-order valence-electron chi connectivity index (χ4n) is 3.50. The third-order valence-corrected chi connectivity index (χ3v) is 6.81. The number of hydrogen-bond acceptors (Lipinski definition) is 4. The summed E-state index contributed by atoms with van der Waals surface area (Å²) in [6, 6.07) is 11.8. The van der Waals surface area contributed by atoms with Crippen molar-refractivity contribution >= 4 is 22.4 Å². The molecule has 29 heavy (non-hydrogen) atoms. The van der Waals surface area contributed by atoms with E-state index in [1.54, 1.807) is 29.2 Å². The Morgan fingerprint density at radius 2 is 1.86 bits per heavy atom. The average molecular weight is 503 g/mol. The molecule has 6 nitrogen and oxygen atoms in total. The van der Waals surface area contributed by atoms with Gasteiger partial charge in [0.2, 0.25) is 0 Å². The number of halogens is 2. The zero-order valence-corrected chi connectivity index (χ0v) is 17.7. The van der Waals surface area contributed by atoms with Crippen molar-refractivity contribution in [1.29, 1.82) is 0 Å². The minimum absolute atomic E-state index is 0.0622. The van der Waals surface area contributed by atoms with Crippen LogP contribution >= 0.6 is 0 Å². The molecule has 148 valence electrons. The zero-order valence-electron chi connectivity index (χ0n) is 15.6. The number of carbonyl (C=O) groups excluding carboxylic acids is 1. The predicted molar refractivity (Wildman–Crippen MR) is 105 cm³/mol. The van der Waals surface area contributed by atoms with Gasteiger partial charge >= 0.3 is 151 Å². The van der Waals surface area contributed by atoms with Crippen molar-refractivity contribution in [2.75, 3.05) is 26.2 Å². The van der Waals surface area contributed by atoms with E-state index in [0.29, 0.717) is 30.6 Å². The van der Waals surface area contributed by atoms with Gasteiger partial charge in [0.25, 0.3) is 5.56 Å². The molecule has 4 rings (SSSR count). The van der Waals surface area contributed by atoms with Crippen LogP contribution in [0.1, 0.15) is 21.6 Å². The first-order valence-corrected chi connectivity index (χ1v) is 11.4. The van der Waals surface area contributed by atoms with Gasteiger partial charge in [-0.3, -0.25) is 4.79 Å². The number of aromatic amines is 1. The Hall–Kier alpha value is -2.27. The Bertz CT molecular complexity index is 1120. The first-order chi connectivity index (χ1) is 14.1. The summed E-state index contributed by atoms with van der Waals surface area (Å²) in [6.07, 6.45) is 0.378. The molecule has 0 aliphatic carbocycles. The van der Waals surface area contributed by atoms with Gasteiger partial charge in [0.15, 0.2) is 0 Å². The van der Waals surface area contributed by atoms with Gasteiger partial charge in [-0.25, -0.2) is 0 Å². The number of aromatic nitrogens is 2. The maximum absolute atomic E-state index is 14.4. The van der Waals surface area contributed by atoms with Gasteiger partial charge in [-0.2, -0.15) is 0 Å². The summed E-state index contributed by atoms with van der Waals surface area (Å²) in [4.78, 5) is 26.5. The fraction of sp³-hybridized carbons (Fsp3) is 0.250. The van der Waals surface area contributed by atoms with Crippen LogP contribution in [0.3, 0.4) is 0 Å². The molecule has 1 aromatic heterocycles. The van der Waals surface area contributed by atoms with E-state index in [4.69, 9.17) is 5.70 Å². The van der Waals surface area contributed by atoms with E-state index < -0.39 is 27.1 Å². The molecule has 1 saturated heterocycles. The van der Waals surface area contributed by atoms with Gasteiger partial charge in [-0.15, -0.1) is 0 Å². The van der Waals surface area contributed by atoms with Crippen molar-refractivity contribution in [3.8, 4) is 0 Å². The van der Waals surface area contributed by atoms with Crippen LogP contribution in [0.25, 0.3) is 10.8 Å². The Morgan fingerprint density at radius 3 is 2.59 bits per heavy atom. The number of nitrogens with one attached hydrogen (secondary N) is 1.